The van der Waals surface area contributed by atoms with Crippen LogP contribution in [0.4, 0.5) is 0 Å². The van der Waals surface area contributed by atoms with E-state index < -0.39 is 0 Å². The fourth-order valence-corrected chi connectivity index (χ4v) is 4.53. The van der Waals surface area contributed by atoms with Crippen LogP contribution in [0.5, 0.6) is 17.2 Å². The van der Waals surface area contributed by atoms with E-state index in [0.717, 1.165) is 5.69 Å². The largest absolute Gasteiger partial charge is 0.493 e. The smallest absolute Gasteiger partial charge is 0.254 e. The Balaban J connectivity index is 1.84. The maximum Gasteiger partial charge on any atom is 0.254 e. The van der Waals surface area contributed by atoms with Crippen molar-refractivity contribution in [2.24, 2.45) is 5.92 Å². The van der Waals surface area contributed by atoms with Crippen LogP contribution < -0.4 is 14.2 Å². The second kappa shape index (κ2) is 15.0. The molecule has 40 heavy (non-hydrogen) atoms. The number of ether oxygens (including phenoxy) is 4. The molecule has 1 heterocycles. The van der Waals surface area contributed by atoms with Crippen LogP contribution in [-0.4, -0.2) is 80.9 Å². The van der Waals surface area contributed by atoms with Crippen molar-refractivity contribution < 1.29 is 28.5 Å². The molecule has 3 aromatic rings. The number of aromatic nitrogens is 1. The van der Waals surface area contributed by atoms with E-state index in [-0.39, 0.29) is 24.3 Å². The molecule has 0 radical (unpaired) electrons. The predicted octanol–water partition coefficient (Wildman–Crippen LogP) is 4.34. The molecule has 3 rings (SSSR count). The molecular weight excluding hydrogens is 510 g/mol. The molecule has 2 amide bonds. The summed E-state index contributed by atoms with van der Waals surface area (Å²) >= 11 is 0. The highest BCUT2D eigenvalue weighted by Crippen LogP contribution is 2.38. The molecular formula is C31H41N3O6. The molecule has 0 saturated carbocycles. The van der Waals surface area contributed by atoms with E-state index in [1.54, 1.807) is 29.0 Å². The van der Waals surface area contributed by atoms with E-state index in [4.69, 9.17) is 18.9 Å². The average Bonchev–Trinajstić information content (AvgIpc) is 3.39. The standard InChI is InChI=1S/C31H41N3O6/c1-23(2)19-34(31(36)25-17-27(38-4)30(40-6)28(18-25)39-5)22-29(35)33(15-16-37-3)21-26-13-10-14-32(26)20-24-11-8-7-9-12-24/h7-14,17-18,23H,15-16,19-22H2,1-6H3. The lowest BCUT2D eigenvalue weighted by Gasteiger charge is -2.29. The first-order valence-corrected chi connectivity index (χ1v) is 13.3. The van der Waals surface area contributed by atoms with E-state index in [0.29, 0.717) is 55.6 Å². The van der Waals surface area contributed by atoms with Gasteiger partial charge in [-0.3, -0.25) is 9.59 Å². The quantitative estimate of drug-likeness (QED) is 0.280. The van der Waals surface area contributed by atoms with Gasteiger partial charge in [-0.05, 0) is 35.7 Å². The molecule has 216 valence electrons. The first kappa shape index (κ1) is 30.6. The molecule has 9 heteroatoms. The highest BCUT2D eigenvalue weighted by molar-refractivity contribution is 5.97. The Labute approximate surface area is 237 Å². The monoisotopic (exact) mass is 551 g/mol. The van der Waals surface area contributed by atoms with Gasteiger partial charge in [0.1, 0.15) is 6.54 Å². The van der Waals surface area contributed by atoms with Crippen LogP contribution in [0, 0.1) is 5.92 Å². The van der Waals surface area contributed by atoms with Crippen molar-refractivity contribution in [3.8, 4) is 17.2 Å². The number of carbonyl (C=O) groups excluding carboxylic acids is 2. The number of hydrogen-bond donors (Lipinski definition) is 0. The van der Waals surface area contributed by atoms with Crippen LogP contribution in [0.3, 0.4) is 0 Å². The fourth-order valence-electron chi connectivity index (χ4n) is 4.53. The van der Waals surface area contributed by atoms with Gasteiger partial charge in [0.15, 0.2) is 11.5 Å². The number of hydrogen-bond acceptors (Lipinski definition) is 6. The number of amides is 2. The molecule has 0 saturated heterocycles. The Morgan fingerprint density at radius 2 is 1.55 bits per heavy atom. The minimum atomic E-state index is -0.291. The Hall–Kier alpha value is -3.98. The molecule has 0 atom stereocenters. The zero-order valence-corrected chi connectivity index (χ0v) is 24.4. The van der Waals surface area contributed by atoms with Gasteiger partial charge in [0.25, 0.3) is 5.91 Å². The Bertz CT molecular complexity index is 1220. The van der Waals surface area contributed by atoms with Crippen molar-refractivity contribution in [2.75, 3.05) is 54.7 Å². The fraction of sp³-hybridized carbons (Fsp3) is 0.419. The summed E-state index contributed by atoms with van der Waals surface area (Å²) in [6.45, 7) is 6.25. The molecule has 0 N–H and O–H groups in total. The van der Waals surface area contributed by atoms with Crippen LogP contribution in [0.25, 0.3) is 0 Å². The maximum absolute atomic E-state index is 13.7. The van der Waals surface area contributed by atoms with Gasteiger partial charge in [0, 0.05) is 44.2 Å². The highest BCUT2D eigenvalue weighted by Gasteiger charge is 2.26. The summed E-state index contributed by atoms with van der Waals surface area (Å²) in [5.74, 6) is 0.849. The van der Waals surface area contributed by atoms with Crippen molar-refractivity contribution in [1.29, 1.82) is 0 Å². The average molecular weight is 552 g/mol. The molecule has 0 bridgehead atoms. The molecule has 0 fully saturated rings. The SMILES string of the molecule is COCCN(Cc1cccn1Cc1ccccc1)C(=O)CN(CC(C)C)C(=O)c1cc(OC)c(OC)c(OC)c1. The van der Waals surface area contributed by atoms with Gasteiger partial charge >= 0.3 is 0 Å². The third-order valence-electron chi connectivity index (χ3n) is 6.50. The summed E-state index contributed by atoms with van der Waals surface area (Å²) in [7, 11) is 6.13. The van der Waals surface area contributed by atoms with Crippen molar-refractivity contribution >= 4 is 11.8 Å². The van der Waals surface area contributed by atoms with Gasteiger partial charge < -0.3 is 33.3 Å². The number of benzene rings is 2. The number of carbonyl (C=O) groups is 2. The molecule has 2 aromatic carbocycles. The number of nitrogens with zero attached hydrogens (tertiary/aromatic N) is 3. The van der Waals surface area contributed by atoms with Gasteiger partial charge in [0.2, 0.25) is 11.7 Å². The zero-order valence-electron chi connectivity index (χ0n) is 24.4. The van der Waals surface area contributed by atoms with E-state index in [1.807, 2.05) is 50.4 Å². The van der Waals surface area contributed by atoms with Crippen LogP contribution in [0.15, 0.2) is 60.8 Å². The van der Waals surface area contributed by atoms with Crippen molar-refractivity contribution in [2.45, 2.75) is 26.9 Å². The third-order valence-corrected chi connectivity index (χ3v) is 6.50. The van der Waals surface area contributed by atoms with Crippen LogP contribution >= 0.6 is 0 Å². The number of methoxy groups -OCH3 is 4. The third kappa shape index (κ3) is 8.02. The lowest BCUT2D eigenvalue weighted by Crippen LogP contribution is -2.45. The van der Waals surface area contributed by atoms with Gasteiger partial charge in [0.05, 0.1) is 34.5 Å². The minimum absolute atomic E-state index is 0.0726. The van der Waals surface area contributed by atoms with Crippen LogP contribution in [-0.2, 0) is 22.6 Å². The topological polar surface area (TPSA) is 82.5 Å². The summed E-state index contributed by atoms with van der Waals surface area (Å²) in [6, 6.07) is 17.4. The molecule has 0 unspecified atom stereocenters. The summed E-state index contributed by atoms with van der Waals surface area (Å²) in [5, 5.41) is 0. The lowest BCUT2D eigenvalue weighted by molar-refractivity contribution is -0.133. The summed E-state index contributed by atoms with van der Waals surface area (Å²) in [4.78, 5) is 30.8. The van der Waals surface area contributed by atoms with E-state index in [9.17, 15) is 9.59 Å². The van der Waals surface area contributed by atoms with Gasteiger partial charge in [-0.25, -0.2) is 0 Å². The maximum atomic E-state index is 13.7. The van der Waals surface area contributed by atoms with Gasteiger partial charge in [-0.15, -0.1) is 0 Å². The van der Waals surface area contributed by atoms with Gasteiger partial charge in [-0.1, -0.05) is 44.2 Å². The second-order valence-corrected chi connectivity index (χ2v) is 9.91. The molecule has 0 aliphatic rings. The van der Waals surface area contributed by atoms with Crippen LogP contribution in [0.2, 0.25) is 0 Å². The molecule has 9 nitrogen and oxygen atoms in total. The Kier molecular flexibility index (Phi) is 11.4. The summed E-state index contributed by atoms with van der Waals surface area (Å²) < 4.78 is 23.7. The summed E-state index contributed by atoms with van der Waals surface area (Å²) in [6.07, 6.45) is 2.01. The van der Waals surface area contributed by atoms with Crippen molar-refractivity contribution in [3.05, 3.63) is 77.6 Å². The van der Waals surface area contributed by atoms with E-state index in [2.05, 4.69) is 16.7 Å². The van der Waals surface area contributed by atoms with E-state index >= 15 is 0 Å². The number of rotatable bonds is 15. The highest BCUT2D eigenvalue weighted by atomic mass is 16.5. The van der Waals surface area contributed by atoms with Crippen molar-refractivity contribution in [3.63, 3.8) is 0 Å². The Morgan fingerprint density at radius 1 is 0.875 bits per heavy atom. The lowest BCUT2D eigenvalue weighted by atomic mass is 10.1. The first-order chi connectivity index (χ1) is 19.3. The zero-order chi connectivity index (χ0) is 29.1. The second-order valence-electron chi connectivity index (χ2n) is 9.91. The normalized spacial score (nSPS) is 10.9. The molecule has 0 aliphatic heterocycles. The molecule has 0 aliphatic carbocycles. The van der Waals surface area contributed by atoms with Crippen molar-refractivity contribution in [1.82, 2.24) is 14.4 Å². The Morgan fingerprint density at radius 3 is 2.12 bits per heavy atom. The molecule has 0 spiro atoms. The molecule has 1 aromatic heterocycles. The first-order valence-electron chi connectivity index (χ1n) is 13.3. The van der Waals surface area contributed by atoms with Crippen LogP contribution in [0.1, 0.15) is 35.5 Å². The van der Waals surface area contributed by atoms with Gasteiger partial charge in [-0.2, -0.15) is 0 Å². The minimum Gasteiger partial charge on any atom is -0.493 e. The summed E-state index contributed by atoms with van der Waals surface area (Å²) in [5.41, 5.74) is 2.52. The van der Waals surface area contributed by atoms with E-state index in [1.165, 1.54) is 26.9 Å². The predicted molar refractivity (Wildman–Crippen MR) is 154 cm³/mol.